The number of nitrogens with one attached hydrogen (secondary N) is 2. The lowest BCUT2D eigenvalue weighted by Crippen LogP contribution is -2.34. The van der Waals surface area contributed by atoms with Gasteiger partial charge in [-0.25, -0.2) is 4.98 Å². The molecule has 0 aliphatic carbocycles. The number of hydrogen-bond donors (Lipinski definition) is 2. The molecule has 1 aromatic rings. The van der Waals surface area contributed by atoms with Crippen molar-refractivity contribution in [3.05, 3.63) is 22.8 Å². The molecule has 0 bridgehead atoms. The van der Waals surface area contributed by atoms with E-state index in [2.05, 4.69) is 34.4 Å². The molecule has 106 valence electrons. The van der Waals surface area contributed by atoms with Gasteiger partial charge < -0.3 is 15.5 Å². The molecule has 1 amide bonds. The van der Waals surface area contributed by atoms with Crippen LogP contribution >= 0.6 is 11.6 Å². The van der Waals surface area contributed by atoms with Crippen molar-refractivity contribution < 1.29 is 4.79 Å². The summed E-state index contributed by atoms with van der Waals surface area (Å²) in [5.74, 6) is 0.453. The van der Waals surface area contributed by atoms with Gasteiger partial charge in [0.05, 0.1) is 10.6 Å². The maximum Gasteiger partial charge on any atom is 0.253 e. The van der Waals surface area contributed by atoms with Crippen LogP contribution in [0.2, 0.25) is 5.02 Å². The second-order valence-electron chi connectivity index (χ2n) is 4.08. The summed E-state index contributed by atoms with van der Waals surface area (Å²) in [4.78, 5) is 18.3. The molecule has 0 aliphatic rings. The van der Waals surface area contributed by atoms with Crippen molar-refractivity contribution in [2.45, 2.75) is 13.8 Å². The maximum atomic E-state index is 12.0. The van der Waals surface area contributed by atoms with Gasteiger partial charge in [-0.05, 0) is 19.2 Å². The van der Waals surface area contributed by atoms with Gasteiger partial charge >= 0.3 is 0 Å². The molecule has 0 spiro atoms. The Morgan fingerprint density at radius 3 is 2.68 bits per heavy atom. The Kier molecular flexibility index (Phi) is 6.59. The van der Waals surface area contributed by atoms with Gasteiger partial charge in [-0.15, -0.1) is 0 Å². The highest BCUT2D eigenvalue weighted by Crippen LogP contribution is 2.17. The summed E-state index contributed by atoms with van der Waals surface area (Å²) in [6, 6.07) is 1.65. The van der Waals surface area contributed by atoms with Crippen LogP contribution in [0.3, 0.4) is 0 Å². The smallest absolute Gasteiger partial charge is 0.253 e. The average Bonchev–Trinajstić information content (AvgIpc) is 2.44. The van der Waals surface area contributed by atoms with Crippen molar-refractivity contribution in [3.8, 4) is 0 Å². The molecule has 5 nitrogen and oxygen atoms in total. The zero-order chi connectivity index (χ0) is 14.3. The molecule has 0 atom stereocenters. The van der Waals surface area contributed by atoms with Crippen molar-refractivity contribution in [2.75, 3.05) is 38.5 Å². The highest BCUT2D eigenvalue weighted by atomic mass is 35.5. The molecule has 1 heterocycles. The first kappa shape index (κ1) is 15.7. The molecule has 0 unspecified atom stereocenters. The van der Waals surface area contributed by atoms with Gasteiger partial charge in [0.2, 0.25) is 0 Å². The molecule has 0 saturated carbocycles. The SMILES string of the molecule is CCN(CC)CCNC(=O)c1cc(NC)ncc1Cl. The zero-order valence-corrected chi connectivity index (χ0v) is 12.4. The number of carbonyl (C=O) groups is 1. The fourth-order valence-electron chi connectivity index (χ4n) is 1.71. The largest absolute Gasteiger partial charge is 0.373 e. The number of pyridine rings is 1. The van der Waals surface area contributed by atoms with Gasteiger partial charge in [-0.3, -0.25) is 4.79 Å². The summed E-state index contributed by atoms with van der Waals surface area (Å²) in [7, 11) is 1.75. The van der Waals surface area contributed by atoms with Crippen LogP contribution in [0.1, 0.15) is 24.2 Å². The number of hydrogen-bond acceptors (Lipinski definition) is 4. The van der Waals surface area contributed by atoms with Crippen molar-refractivity contribution >= 4 is 23.3 Å². The molecular formula is C13H21ClN4O. The summed E-state index contributed by atoms with van der Waals surface area (Å²) < 4.78 is 0. The third kappa shape index (κ3) is 4.69. The molecule has 2 N–H and O–H groups in total. The second-order valence-corrected chi connectivity index (χ2v) is 4.49. The second kappa shape index (κ2) is 7.96. The maximum absolute atomic E-state index is 12.0. The summed E-state index contributed by atoms with van der Waals surface area (Å²) in [6.07, 6.45) is 1.48. The van der Waals surface area contributed by atoms with Crippen LogP contribution < -0.4 is 10.6 Å². The molecule has 0 aliphatic heterocycles. The molecule has 1 rings (SSSR count). The fraction of sp³-hybridized carbons (Fsp3) is 0.538. The van der Waals surface area contributed by atoms with Crippen LogP contribution in [0, 0.1) is 0 Å². The van der Waals surface area contributed by atoms with E-state index in [0.717, 1.165) is 19.6 Å². The monoisotopic (exact) mass is 284 g/mol. The van der Waals surface area contributed by atoms with E-state index in [1.54, 1.807) is 13.1 Å². The molecule has 6 heteroatoms. The number of amides is 1. The minimum atomic E-state index is -0.170. The van der Waals surface area contributed by atoms with Crippen molar-refractivity contribution in [1.29, 1.82) is 0 Å². The number of anilines is 1. The average molecular weight is 285 g/mol. The number of carbonyl (C=O) groups excluding carboxylic acids is 1. The predicted molar refractivity (Wildman–Crippen MR) is 78.9 cm³/mol. The molecule has 0 fully saturated rings. The quantitative estimate of drug-likeness (QED) is 0.802. The van der Waals surface area contributed by atoms with E-state index < -0.39 is 0 Å². The van der Waals surface area contributed by atoms with Crippen LogP contribution in [-0.2, 0) is 0 Å². The van der Waals surface area contributed by atoms with Crippen LogP contribution in [0.5, 0.6) is 0 Å². The molecular weight excluding hydrogens is 264 g/mol. The van der Waals surface area contributed by atoms with Gasteiger partial charge in [-0.2, -0.15) is 0 Å². The topological polar surface area (TPSA) is 57.3 Å². The van der Waals surface area contributed by atoms with E-state index in [4.69, 9.17) is 11.6 Å². The lowest BCUT2D eigenvalue weighted by molar-refractivity contribution is 0.0949. The summed E-state index contributed by atoms with van der Waals surface area (Å²) in [5.41, 5.74) is 0.445. The Balaban J connectivity index is 2.58. The first-order valence-corrected chi connectivity index (χ1v) is 6.84. The predicted octanol–water partition coefficient (Wildman–Crippen LogP) is 1.85. The Morgan fingerprint density at radius 1 is 1.42 bits per heavy atom. The summed E-state index contributed by atoms with van der Waals surface area (Å²) in [6.45, 7) is 7.60. The van der Waals surface area contributed by atoms with Gasteiger partial charge in [0.1, 0.15) is 5.82 Å². The Labute approximate surface area is 119 Å². The van der Waals surface area contributed by atoms with Crippen LogP contribution in [0.25, 0.3) is 0 Å². The first-order chi connectivity index (χ1) is 9.12. The molecule has 1 aromatic heterocycles. The van der Waals surface area contributed by atoms with Crippen molar-refractivity contribution in [2.24, 2.45) is 0 Å². The first-order valence-electron chi connectivity index (χ1n) is 6.46. The highest BCUT2D eigenvalue weighted by Gasteiger charge is 2.11. The standard InChI is InChI=1S/C13H21ClN4O/c1-4-18(5-2)7-6-16-13(19)10-8-12(15-3)17-9-11(10)14/h8-9H,4-7H2,1-3H3,(H,15,17)(H,16,19). The van der Waals surface area contributed by atoms with E-state index in [9.17, 15) is 4.79 Å². The summed E-state index contributed by atoms with van der Waals surface area (Å²) in [5, 5.41) is 6.11. The van der Waals surface area contributed by atoms with E-state index >= 15 is 0 Å². The van der Waals surface area contributed by atoms with E-state index in [1.165, 1.54) is 6.20 Å². The zero-order valence-electron chi connectivity index (χ0n) is 11.7. The van der Waals surface area contributed by atoms with Crippen molar-refractivity contribution in [1.82, 2.24) is 15.2 Å². The van der Waals surface area contributed by atoms with Gasteiger partial charge in [0.15, 0.2) is 0 Å². The molecule has 0 radical (unpaired) electrons. The van der Waals surface area contributed by atoms with Gasteiger partial charge in [-0.1, -0.05) is 25.4 Å². The van der Waals surface area contributed by atoms with E-state index in [0.29, 0.717) is 22.9 Å². The van der Waals surface area contributed by atoms with E-state index in [1.807, 2.05) is 0 Å². The normalized spacial score (nSPS) is 10.6. The fourth-order valence-corrected chi connectivity index (χ4v) is 1.90. The lowest BCUT2D eigenvalue weighted by Gasteiger charge is -2.18. The number of nitrogens with zero attached hydrogens (tertiary/aromatic N) is 2. The summed E-state index contributed by atoms with van der Waals surface area (Å²) >= 11 is 5.98. The van der Waals surface area contributed by atoms with Gasteiger partial charge in [0.25, 0.3) is 5.91 Å². The Morgan fingerprint density at radius 2 is 2.11 bits per heavy atom. The van der Waals surface area contributed by atoms with Crippen LogP contribution in [-0.4, -0.2) is 49.0 Å². The molecule has 0 saturated heterocycles. The number of rotatable bonds is 7. The highest BCUT2D eigenvalue weighted by molar-refractivity contribution is 6.33. The van der Waals surface area contributed by atoms with E-state index in [-0.39, 0.29) is 5.91 Å². The number of likely N-dealkylation sites (N-methyl/N-ethyl adjacent to an activating group) is 1. The minimum Gasteiger partial charge on any atom is -0.373 e. The molecule has 0 aromatic carbocycles. The lowest BCUT2D eigenvalue weighted by atomic mass is 10.2. The molecule has 19 heavy (non-hydrogen) atoms. The number of aromatic nitrogens is 1. The third-order valence-electron chi connectivity index (χ3n) is 2.96. The minimum absolute atomic E-state index is 0.170. The Hall–Kier alpha value is -1.33. The van der Waals surface area contributed by atoms with Crippen LogP contribution in [0.15, 0.2) is 12.3 Å². The third-order valence-corrected chi connectivity index (χ3v) is 3.27. The van der Waals surface area contributed by atoms with Crippen molar-refractivity contribution in [3.63, 3.8) is 0 Å². The number of halogens is 1. The Bertz CT molecular complexity index is 421. The van der Waals surface area contributed by atoms with Gasteiger partial charge in [0, 0.05) is 26.3 Å². The van der Waals surface area contributed by atoms with Crippen LogP contribution in [0.4, 0.5) is 5.82 Å².